The van der Waals surface area contributed by atoms with Crippen LogP contribution in [0.3, 0.4) is 0 Å². The summed E-state index contributed by atoms with van der Waals surface area (Å²) in [6.45, 7) is 3.89. The average molecular weight is 553 g/mol. The van der Waals surface area contributed by atoms with Gasteiger partial charge in [0.25, 0.3) is 0 Å². The van der Waals surface area contributed by atoms with Gasteiger partial charge in [0.2, 0.25) is 11.5 Å². The summed E-state index contributed by atoms with van der Waals surface area (Å²) in [5.74, 6) is 2.43. The second-order valence-corrected chi connectivity index (χ2v) is 9.46. The van der Waals surface area contributed by atoms with Crippen molar-refractivity contribution in [3.63, 3.8) is 0 Å². The van der Waals surface area contributed by atoms with Crippen LogP contribution < -0.4 is 37.9 Å². The number of ketones is 1. The minimum Gasteiger partial charge on any atom is -0.493 e. The second kappa shape index (κ2) is 11.9. The molecule has 0 aliphatic heterocycles. The van der Waals surface area contributed by atoms with Gasteiger partial charge in [-0.2, -0.15) is 0 Å². The van der Waals surface area contributed by atoms with Crippen LogP contribution in [-0.4, -0.2) is 61.7 Å². The number of ether oxygens (including phenoxy) is 8. The highest BCUT2D eigenvalue weighted by molar-refractivity contribution is 6.08. The van der Waals surface area contributed by atoms with E-state index in [1.54, 1.807) is 46.6 Å². The normalized spacial score (nSPS) is 15.9. The summed E-state index contributed by atoms with van der Waals surface area (Å²) in [6, 6.07) is 11.0. The van der Waals surface area contributed by atoms with E-state index in [1.165, 1.54) is 21.3 Å². The topological polar surface area (TPSA) is 90.9 Å². The molecule has 0 bridgehead atoms. The SMILES string of the molecule is COc1ccc(C2c3c(cc(OC)c(OC)c3OC)C(=O)[C@@H]2c2cc(OC)c(OC)c(OC)c2)cc1OC(C)C. The van der Waals surface area contributed by atoms with Crippen LogP contribution in [0.15, 0.2) is 36.4 Å². The van der Waals surface area contributed by atoms with Crippen molar-refractivity contribution in [1.82, 2.24) is 0 Å². The van der Waals surface area contributed by atoms with Crippen LogP contribution in [0.25, 0.3) is 0 Å². The van der Waals surface area contributed by atoms with E-state index < -0.39 is 11.8 Å². The van der Waals surface area contributed by atoms with Crippen molar-refractivity contribution < 1.29 is 42.7 Å². The first-order valence-corrected chi connectivity index (χ1v) is 12.8. The Hall–Kier alpha value is -4.27. The molecule has 0 amide bonds. The van der Waals surface area contributed by atoms with E-state index in [1.807, 2.05) is 32.0 Å². The number of methoxy groups -OCH3 is 7. The highest BCUT2D eigenvalue weighted by Gasteiger charge is 2.46. The molecule has 1 aliphatic rings. The van der Waals surface area contributed by atoms with Crippen molar-refractivity contribution in [1.29, 1.82) is 0 Å². The number of Topliss-reactive ketones (excluding diaryl/α,β-unsaturated/α-hetero) is 1. The van der Waals surface area contributed by atoms with Gasteiger partial charge in [0, 0.05) is 17.0 Å². The first-order chi connectivity index (χ1) is 19.3. The quantitative estimate of drug-likeness (QED) is 0.299. The zero-order valence-corrected chi connectivity index (χ0v) is 24.4. The predicted octanol–water partition coefficient (Wildman–Crippen LogP) is 5.65. The van der Waals surface area contributed by atoms with Gasteiger partial charge in [-0.25, -0.2) is 0 Å². The van der Waals surface area contributed by atoms with Gasteiger partial charge in [-0.05, 0) is 55.3 Å². The fourth-order valence-corrected chi connectivity index (χ4v) is 5.39. The van der Waals surface area contributed by atoms with E-state index in [9.17, 15) is 4.79 Å². The summed E-state index contributed by atoms with van der Waals surface area (Å²) in [5, 5.41) is 0. The van der Waals surface area contributed by atoms with Crippen molar-refractivity contribution in [2.45, 2.75) is 31.8 Å². The minimum absolute atomic E-state index is 0.0913. The van der Waals surface area contributed by atoms with Crippen LogP contribution in [0.2, 0.25) is 0 Å². The maximum absolute atomic E-state index is 14.3. The smallest absolute Gasteiger partial charge is 0.203 e. The molecule has 3 aromatic rings. The van der Waals surface area contributed by atoms with E-state index >= 15 is 0 Å². The summed E-state index contributed by atoms with van der Waals surface area (Å²) in [4.78, 5) is 14.3. The zero-order chi connectivity index (χ0) is 29.1. The van der Waals surface area contributed by atoms with Crippen LogP contribution in [0, 0.1) is 0 Å². The van der Waals surface area contributed by atoms with Crippen LogP contribution in [-0.2, 0) is 0 Å². The molecule has 40 heavy (non-hydrogen) atoms. The molecule has 0 radical (unpaired) electrons. The Morgan fingerprint density at radius 1 is 0.550 bits per heavy atom. The van der Waals surface area contributed by atoms with Gasteiger partial charge in [-0.15, -0.1) is 0 Å². The van der Waals surface area contributed by atoms with Gasteiger partial charge in [0.15, 0.2) is 40.3 Å². The van der Waals surface area contributed by atoms with Crippen LogP contribution in [0.5, 0.6) is 46.0 Å². The Morgan fingerprint density at radius 3 is 1.57 bits per heavy atom. The number of carbonyl (C=O) groups excluding carboxylic acids is 1. The summed E-state index contributed by atoms with van der Waals surface area (Å²) >= 11 is 0. The summed E-state index contributed by atoms with van der Waals surface area (Å²) in [5.41, 5.74) is 2.67. The molecule has 0 aromatic heterocycles. The van der Waals surface area contributed by atoms with E-state index in [0.717, 1.165) is 5.56 Å². The molecular weight excluding hydrogens is 516 g/mol. The van der Waals surface area contributed by atoms with Gasteiger partial charge in [0.05, 0.1) is 61.8 Å². The molecule has 3 aromatic carbocycles. The Morgan fingerprint density at radius 2 is 1.07 bits per heavy atom. The molecule has 4 rings (SSSR count). The Bertz CT molecular complexity index is 1370. The number of rotatable bonds is 11. The first-order valence-electron chi connectivity index (χ1n) is 12.8. The van der Waals surface area contributed by atoms with Crippen LogP contribution in [0.1, 0.15) is 52.7 Å². The lowest BCUT2D eigenvalue weighted by Crippen LogP contribution is -2.15. The van der Waals surface area contributed by atoms with Crippen molar-refractivity contribution in [2.75, 3.05) is 49.8 Å². The second-order valence-electron chi connectivity index (χ2n) is 9.46. The predicted molar refractivity (Wildman–Crippen MR) is 150 cm³/mol. The third kappa shape index (κ3) is 4.80. The third-order valence-corrected chi connectivity index (χ3v) is 7.02. The maximum atomic E-state index is 14.3. The number of carbonyl (C=O) groups is 1. The molecule has 214 valence electrons. The molecule has 0 fully saturated rings. The Kier molecular flexibility index (Phi) is 8.52. The van der Waals surface area contributed by atoms with Gasteiger partial charge in [-0.3, -0.25) is 4.79 Å². The van der Waals surface area contributed by atoms with Crippen molar-refractivity contribution in [2.24, 2.45) is 0 Å². The van der Waals surface area contributed by atoms with Gasteiger partial charge < -0.3 is 37.9 Å². The first kappa shape index (κ1) is 28.7. The van der Waals surface area contributed by atoms with Gasteiger partial charge >= 0.3 is 0 Å². The molecule has 0 saturated carbocycles. The van der Waals surface area contributed by atoms with E-state index in [-0.39, 0.29) is 11.9 Å². The van der Waals surface area contributed by atoms with E-state index in [2.05, 4.69) is 0 Å². The molecule has 0 spiro atoms. The molecule has 9 nitrogen and oxygen atoms in total. The Labute approximate surface area is 234 Å². The fraction of sp³-hybridized carbons (Fsp3) is 0.387. The lowest BCUT2D eigenvalue weighted by molar-refractivity contribution is 0.0967. The van der Waals surface area contributed by atoms with Gasteiger partial charge in [-0.1, -0.05) is 6.07 Å². The van der Waals surface area contributed by atoms with Crippen LogP contribution in [0.4, 0.5) is 0 Å². The van der Waals surface area contributed by atoms with Crippen molar-refractivity contribution in [3.05, 3.63) is 58.7 Å². The molecule has 0 heterocycles. The van der Waals surface area contributed by atoms with Crippen molar-refractivity contribution >= 4 is 5.78 Å². The number of benzene rings is 3. The van der Waals surface area contributed by atoms with Crippen LogP contribution >= 0.6 is 0 Å². The zero-order valence-electron chi connectivity index (χ0n) is 24.4. The van der Waals surface area contributed by atoms with Gasteiger partial charge in [0.1, 0.15) is 0 Å². The van der Waals surface area contributed by atoms with Crippen molar-refractivity contribution in [3.8, 4) is 46.0 Å². The highest BCUT2D eigenvalue weighted by atomic mass is 16.5. The summed E-state index contributed by atoms with van der Waals surface area (Å²) in [7, 11) is 10.8. The monoisotopic (exact) mass is 552 g/mol. The Balaban J connectivity index is 2.06. The molecule has 0 saturated heterocycles. The number of hydrogen-bond acceptors (Lipinski definition) is 9. The molecule has 2 atom stereocenters. The average Bonchev–Trinajstić information content (AvgIpc) is 3.26. The maximum Gasteiger partial charge on any atom is 0.203 e. The fourth-order valence-electron chi connectivity index (χ4n) is 5.39. The number of hydrogen-bond donors (Lipinski definition) is 0. The summed E-state index contributed by atoms with van der Waals surface area (Å²) in [6.07, 6.45) is -0.0913. The van der Waals surface area contributed by atoms with E-state index in [4.69, 9.17) is 37.9 Å². The highest BCUT2D eigenvalue weighted by Crippen LogP contribution is 2.57. The standard InChI is InChI=1S/C31H36O9/c1-16(2)40-21-12-17(10-11-20(21)33-3)25-26(18-13-22(34-4)29(37-7)23(14-18)35-5)28(32)19-15-24(36-6)30(38-8)31(39-9)27(19)25/h10-16,25-26H,1-9H3/t25?,26-/m1/s1. The minimum atomic E-state index is -0.672. The lowest BCUT2D eigenvalue weighted by atomic mass is 9.80. The molecular formula is C31H36O9. The molecule has 1 aliphatic carbocycles. The largest absolute Gasteiger partial charge is 0.493 e. The lowest BCUT2D eigenvalue weighted by Gasteiger charge is -2.25. The molecule has 9 heteroatoms. The van der Waals surface area contributed by atoms with E-state index in [0.29, 0.717) is 62.7 Å². The number of fused-ring (bicyclic) bond motifs is 1. The third-order valence-electron chi connectivity index (χ3n) is 7.02. The summed E-state index contributed by atoms with van der Waals surface area (Å²) < 4.78 is 45.6. The molecule has 1 unspecified atom stereocenters. The molecule has 0 N–H and O–H groups in total.